The van der Waals surface area contributed by atoms with E-state index in [1.807, 2.05) is 0 Å². The maximum atomic E-state index is 12.0. The zero-order valence-electron chi connectivity index (χ0n) is 11.5. The smallest absolute Gasteiger partial charge is 0.220 e. The summed E-state index contributed by atoms with van der Waals surface area (Å²) in [7, 11) is 0. The van der Waals surface area contributed by atoms with E-state index in [2.05, 4.69) is 28.2 Å². The van der Waals surface area contributed by atoms with E-state index in [-0.39, 0.29) is 0 Å². The fourth-order valence-corrected chi connectivity index (χ4v) is 4.45. The molecule has 104 valence electrons. The number of carbonyl (C=O) groups is 1. The average molecular weight is 316 g/mol. The van der Waals surface area contributed by atoms with Crippen LogP contribution in [-0.4, -0.2) is 17.8 Å². The molecule has 3 heteroatoms. The third-order valence-corrected chi connectivity index (χ3v) is 5.47. The Kier molecular flexibility index (Phi) is 5.53. The highest BCUT2D eigenvalue weighted by atomic mass is 79.9. The molecule has 2 aliphatic carbocycles. The molecule has 2 rings (SSSR count). The zero-order valence-corrected chi connectivity index (χ0v) is 13.0. The summed E-state index contributed by atoms with van der Waals surface area (Å²) < 4.78 is 0. The van der Waals surface area contributed by atoms with Gasteiger partial charge in [0, 0.05) is 18.3 Å². The van der Waals surface area contributed by atoms with Gasteiger partial charge >= 0.3 is 0 Å². The molecule has 1 N–H and O–H groups in total. The Bertz CT molecular complexity index is 282. The molecule has 2 nitrogen and oxygen atoms in total. The minimum absolute atomic E-state index is 0.292. The summed E-state index contributed by atoms with van der Waals surface area (Å²) in [6.07, 6.45) is 8.61. The van der Waals surface area contributed by atoms with Crippen LogP contribution in [-0.2, 0) is 4.79 Å². The summed E-state index contributed by atoms with van der Waals surface area (Å²) in [5.41, 5.74) is 0. The fourth-order valence-electron chi connectivity index (χ4n) is 3.80. The zero-order chi connectivity index (χ0) is 13.0. The van der Waals surface area contributed by atoms with E-state index in [0.29, 0.717) is 17.7 Å². The number of nitrogens with one attached hydrogen (secondary N) is 1. The Morgan fingerprint density at radius 3 is 2.78 bits per heavy atom. The molecule has 2 aliphatic rings. The molecule has 0 aliphatic heterocycles. The lowest BCUT2D eigenvalue weighted by atomic mass is 9.86. The van der Waals surface area contributed by atoms with Gasteiger partial charge < -0.3 is 5.32 Å². The number of amides is 1. The van der Waals surface area contributed by atoms with E-state index in [0.717, 1.165) is 43.0 Å². The van der Waals surface area contributed by atoms with Crippen LogP contribution in [0.3, 0.4) is 0 Å². The Balaban J connectivity index is 1.66. The van der Waals surface area contributed by atoms with Crippen LogP contribution in [0, 0.1) is 23.7 Å². The van der Waals surface area contributed by atoms with Crippen LogP contribution in [0.2, 0.25) is 0 Å². The molecule has 2 fully saturated rings. The normalized spacial score (nSPS) is 31.6. The topological polar surface area (TPSA) is 29.1 Å². The minimum atomic E-state index is 0.292. The van der Waals surface area contributed by atoms with E-state index < -0.39 is 0 Å². The predicted octanol–water partition coefficient (Wildman–Crippen LogP) is 3.74. The highest BCUT2D eigenvalue weighted by molar-refractivity contribution is 9.09. The van der Waals surface area contributed by atoms with Crippen LogP contribution < -0.4 is 5.32 Å². The first-order chi connectivity index (χ1) is 8.72. The van der Waals surface area contributed by atoms with Crippen molar-refractivity contribution in [3.05, 3.63) is 0 Å². The largest absolute Gasteiger partial charge is 0.356 e. The highest BCUT2D eigenvalue weighted by Gasteiger charge is 2.39. The van der Waals surface area contributed by atoms with Crippen molar-refractivity contribution in [2.24, 2.45) is 23.7 Å². The number of rotatable bonds is 7. The molecule has 4 unspecified atom stereocenters. The van der Waals surface area contributed by atoms with Gasteiger partial charge in [-0.1, -0.05) is 35.7 Å². The molecular formula is C15H26BrNO. The van der Waals surface area contributed by atoms with Gasteiger partial charge in [0.2, 0.25) is 5.91 Å². The molecule has 4 atom stereocenters. The van der Waals surface area contributed by atoms with Crippen molar-refractivity contribution in [1.29, 1.82) is 0 Å². The van der Waals surface area contributed by atoms with E-state index in [9.17, 15) is 4.79 Å². The van der Waals surface area contributed by atoms with Gasteiger partial charge in [-0.2, -0.15) is 0 Å². The first kappa shape index (κ1) is 14.4. The minimum Gasteiger partial charge on any atom is -0.356 e. The summed E-state index contributed by atoms with van der Waals surface area (Å²) in [4.78, 5) is 12.0. The summed E-state index contributed by atoms with van der Waals surface area (Å²) in [6, 6.07) is 0. The molecule has 0 heterocycles. The van der Waals surface area contributed by atoms with Crippen molar-refractivity contribution in [2.45, 2.75) is 51.9 Å². The highest BCUT2D eigenvalue weighted by Crippen LogP contribution is 2.49. The molecule has 1 amide bonds. The van der Waals surface area contributed by atoms with Crippen molar-refractivity contribution < 1.29 is 4.79 Å². The molecule has 0 spiro atoms. The Morgan fingerprint density at radius 1 is 1.39 bits per heavy atom. The van der Waals surface area contributed by atoms with Crippen LogP contribution in [0.25, 0.3) is 0 Å². The molecule has 2 saturated carbocycles. The van der Waals surface area contributed by atoms with E-state index >= 15 is 0 Å². The van der Waals surface area contributed by atoms with Gasteiger partial charge in [-0.05, 0) is 49.4 Å². The van der Waals surface area contributed by atoms with Crippen LogP contribution in [0.5, 0.6) is 0 Å². The monoisotopic (exact) mass is 315 g/mol. The van der Waals surface area contributed by atoms with E-state index in [4.69, 9.17) is 0 Å². The van der Waals surface area contributed by atoms with Gasteiger partial charge in [-0.15, -0.1) is 0 Å². The van der Waals surface area contributed by atoms with Crippen LogP contribution in [0.4, 0.5) is 0 Å². The maximum Gasteiger partial charge on any atom is 0.220 e. The van der Waals surface area contributed by atoms with Crippen LogP contribution >= 0.6 is 15.9 Å². The molecule has 0 aromatic heterocycles. The van der Waals surface area contributed by atoms with Crippen molar-refractivity contribution in [2.75, 3.05) is 11.9 Å². The number of carbonyl (C=O) groups excluding carboxylic acids is 1. The molecule has 18 heavy (non-hydrogen) atoms. The Hall–Kier alpha value is -0.0500. The third kappa shape index (κ3) is 3.72. The lowest BCUT2D eigenvalue weighted by Crippen LogP contribution is -2.31. The molecular weight excluding hydrogens is 290 g/mol. The fraction of sp³-hybridized carbons (Fsp3) is 0.933. The number of halogens is 1. The molecule has 0 radical (unpaired) electrons. The second-order valence-electron chi connectivity index (χ2n) is 6.20. The van der Waals surface area contributed by atoms with E-state index in [1.165, 1.54) is 25.7 Å². The van der Waals surface area contributed by atoms with Crippen molar-refractivity contribution in [1.82, 2.24) is 5.32 Å². The Morgan fingerprint density at radius 2 is 2.22 bits per heavy atom. The molecule has 2 bridgehead atoms. The lowest BCUT2D eigenvalue weighted by molar-refractivity contribution is -0.122. The summed E-state index contributed by atoms with van der Waals surface area (Å²) in [6.45, 7) is 3.07. The van der Waals surface area contributed by atoms with Gasteiger partial charge in [0.25, 0.3) is 0 Å². The van der Waals surface area contributed by atoms with Gasteiger partial charge in [0.1, 0.15) is 0 Å². The van der Waals surface area contributed by atoms with Gasteiger partial charge in [0.15, 0.2) is 0 Å². The van der Waals surface area contributed by atoms with E-state index in [1.54, 1.807) is 0 Å². The van der Waals surface area contributed by atoms with Gasteiger partial charge in [0.05, 0.1) is 0 Å². The average Bonchev–Trinajstić information content (AvgIpc) is 2.96. The first-order valence-electron chi connectivity index (χ1n) is 7.55. The van der Waals surface area contributed by atoms with Gasteiger partial charge in [-0.25, -0.2) is 0 Å². The lowest BCUT2D eigenvalue weighted by Gasteiger charge is -2.21. The van der Waals surface area contributed by atoms with Gasteiger partial charge in [-0.3, -0.25) is 4.79 Å². The SMILES string of the molecule is CCC(CCBr)CNC(=O)CC1CC2CCC1C2. The summed E-state index contributed by atoms with van der Waals surface area (Å²) >= 11 is 3.48. The quantitative estimate of drug-likeness (QED) is 0.712. The third-order valence-electron chi connectivity index (χ3n) is 5.01. The number of hydrogen-bond acceptors (Lipinski definition) is 1. The molecule has 0 aromatic rings. The summed E-state index contributed by atoms with van der Waals surface area (Å²) in [5.74, 6) is 3.43. The Labute approximate surface area is 119 Å². The first-order valence-corrected chi connectivity index (χ1v) is 8.67. The van der Waals surface area contributed by atoms with Crippen molar-refractivity contribution >= 4 is 21.8 Å². The summed E-state index contributed by atoms with van der Waals surface area (Å²) in [5, 5.41) is 4.18. The number of hydrogen-bond donors (Lipinski definition) is 1. The van der Waals surface area contributed by atoms with Crippen molar-refractivity contribution in [3.8, 4) is 0 Å². The molecule has 0 aromatic carbocycles. The number of alkyl halides is 1. The number of fused-ring (bicyclic) bond motifs is 2. The second-order valence-corrected chi connectivity index (χ2v) is 6.99. The van der Waals surface area contributed by atoms with Crippen LogP contribution in [0.15, 0.2) is 0 Å². The maximum absolute atomic E-state index is 12.0. The second kappa shape index (κ2) is 6.93. The predicted molar refractivity (Wildman–Crippen MR) is 78.8 cm³/mol. The van der Waals surface area contributed by atoms with Crippen molar-refractivity contribution in [3.63, 3.8) is 0 Å². The standard InChI is InChI=1S/C15H26BrNO/c1-2-11(5-6-16)10-17-15(18)9-14-8-12-3-4-13(14)7-12/h11-14H,2-10H2,1H3,(H,17,18). The van der Waals surface area contributed by atoms with Crippen LogP contribution in [0.1, 0.15) is 51.9 Å². The molecule has 0 saturated heterocycles.